The molecule has 1 aromatic rings. The Labute approximate surface area is 106 Å². The highest BCUT2D eigenvalue weighted by molar-refractivity contribution is 6.29. The topological polar surface area (TPSA) is 58.0 Å². The van der Waals surface area contributed by atoms with E-state index in [0.717, 1.165) is 19.4 Å². The Balaban J connectivity index is 1.95. The Kier molecular flexibility index (Phi) is 4.18. The van der Waals surface area contributed by atoms with E-state index >= 15 is 0 Å². The number of halogens is 1. The average molecular weight is 256 g/mol. The number of aromatic nitrogens is 2. The van der Waals surface area contributed by atoms with Crippen LogP contribution in [0.25, 0.3) is 0 Å². The molecule has 0 bridgehead atoms. The van der Waals surface area contributed by atoms with E-state index in [1.54, 1.807) is 6.20 Å². The van der Waals surface area contributed by atoms with Crippen molar-refractivity contribution < 1.29 is 5.11 Å². The van der Waals surface area contributed by atoms with Crippen LogP contribution in [0.4, 0.5) is 5.82 Å². The maximum absolute atomic E-state index is 9.57. The summed E-state index contributed by atoms with van der Waals surface area (Å²) in [4.78, 5) is 8.11. The first-order chi connectivity index (χ1) is 8.24. The van der Waals surface area contributed by atoms with E-state index in [1.807, 2.05) is 0 Å². The van der Waals surface area contributed by atoms with Crippen molar-refractivity contribution in [1.82, 2.24) is 9.97 Å². The summed E-state index contributed by atoms with van der Waals surface area (Å²) in [6.45, 7) is 0.965. The number of hydrogen-bond acceptors (Lipinski definition) is 4. The van der Waals surface area contributed by atoms with Gasteiger partial charge in [-0.15, -0.1) is 0 Å². The fraction of sp³-hybridized carbons (Fsp3) is 0.667. The highest BCUT2D eigenvalue weighted by Gasteiger charge is 2.31. The Morgan fingerprint density at radius 2 is 2.06 bits per heavy atom. The lowest BCUT2D eigenvalue weighted by molar-refractivity contribution is 0.0943. The smallest absolute Gasteiger partial charge is 0.149 e. The summed E-state index contributed by atoms with van der Waals surface area (Å²) >= 11 is 5.77. The SMILES string of the molecule is OCC1(CNc2cncc(Cl)n2)CCCCC1. The maximum atomic E-state index is 9.57. The molecule has 1 fully saturated rings. The van der Waals surface area contributed by atoms with Crippen molar-refractivity contribution in [3.8, 4) is 0 Å². The van der Waals surface area contributed by atoms with Gasteiger partial charge in [0.05, 0.1) is 19.0 Å². The number of hydrogen-bond donors (Lipinski definition) is 2. The van der Waals surface area contributed by atoms with Crippen LogP contribution in [0.1, 0.15) is 32.1 Å². The second kappa shape index (κ2) is 5.65. The molecule has 1 aliphatic rings. The van der Waals surface area contributed by atoms with Gasteiger partial charge in [0.1, 0.15) is 11.0 Å². The van der Waals surface area contributed by atoms with Gasteiger partial charge in [0.25, 0.3) is 0 Å². The molecule has 2 N–H and O–H groups in total. The van der Waals surface area contributed by atoms with Crippen LogP contribution in [0.3, 0.4) is 0 Å². The summed E-state index contributed by atoms with van der Waals surface area (Å²) in [5.41, 5.74) is 0.00223. The van der Waals surface area contributed by atoms with Gasteiger partial charge in [-0.2, -0.15) is 0 Å². The van der Waals surface area contributed by atoms with Crippen molar-refractivity contribution in [2.45, 2.75) is 32.1 Å². The predicted molar refractivity (Wildman–Crippen MR) is 68.1 cm³/mol. The average Bonchev–Trinajstić information content (AvgIpc) is 2.38. The van der Waals surface area contributed by atoms with Crippen LogP contribution in [0.5, 0.6) is 0 Å². The molecule has 0 amide bonds. The van der Waals surface area contributed by atoms with E-state index in [-0.39, 0.29) is 12.0 Å². The fourth-order valence-corrected chi connectivity index (χ4v) is 2.55. The lowest BCUT2D eigenvalue weighted by atomic mass is 9.74. The Morgan fingerprint density at radius 1 is 1.29 bits per heavy atom. The van der Waals surface area contributed by atoms with Gasteiger partial charge in [-0.05, 0) is 12.8 Å². The summed E-state index contributed by atoms with van der Waals surface area (Å²) in [5, 5.41) is 13.2. The van der Waals surface area contributed by atoms with E-state index in [0.29, 0.717) is 11.0 Å². The van der Waals surface area contributed by atoms with E-state index in [1.165, 1.54) is 25.5 Å². The highest BCUT2D eigenvalue weighted by atomic mass is 35.5. The molecule has 0 radical (unpaired) electrons. The van der Waals surface area contributed by atoms with Crippen LogP contribution in [-0.4, -0.2) is 28.2 Å². The van der Waals surface area contributed by atoms with Crippen molar-refractivity contribution >= 4 is 17.4 Å². The second-order valence-corrected chi connectivity index (χ2v) is 5.19. The Morgan fingerprint density at radius 3 is 2.71 bits per heavy atom. The highest BCUT2D eigenvalue weighted by Crippen LogP contribution is 2.35. The minimum atomic E-state index is 0.00223. The Hall–Kier alpha value is -0.870. The molecule has 0 atom stereocenters. The van der Waals surface area contributed by atoms with Crippen LogP contribution >= 0.6 is 11.6 Å². The van der Waals surface area contributed by atoms with Gasteiger partial charge in [-0.1, -0.05) is 30.9 Å². The van der Waals surface area contributed by atoms with Crippen molar-refractivity contribution in [2.24, 2.45) is 5.41 Å². The normalized spacial score (nSPS) is 18.9. The summed E-state index contributed by atoms with van der Waals surface area (Å²) < 4.78 is 0. The van der Waals surface area contributed by atoms with E-state index in [9.17, 15) is 5.11 Å². The van der Waals surface area contributed by atoms with Crippen LogP contribution in [0.15, 0.2) is 12.4 Å². The van der Waals surface area contributed by atoms with Gasteiger partial charge in [0.2, 0.25) is 0 Å². The number of aliphatic hydroxyl groups excluding tert-OH is 1. The minimum absolute atomic E-state index is 0.00223. The third-order valence-electron chi connectivity index (χ3n) is 3.50. The standard InChI is InChI=1S/C12H18ClN3O/c13-10-6-14-7-11(16-10)15-8-12(9-17)4-2-1-3-5-12/h6-7,17H,1-5,8-9H2,(H,15,16). The maximum Gasteiger partial charge on any atom is 0.149 e. The van der Waals surface area contributed by atoms with Crippen molar-refractivity contribution in [3.63, 3.8) is 0 Å². The third kappa shape index (κ3) is 3.30. The number of nitrogens with zero attached hydrogens (tertiary/aromatic N) is 2. The van der Waals surface area contributed by atoms with Crippen LogP contribution in [-0.2, 0) is 0 Å². The monoisotopic (exact) mass is 255 g/mol. The summed E-state index contributed by atoms with van der Waals surface area (Å²) in [7, 11) is 0. The molecule has 1 aliphatic carbocycles. The molecule has 1 heterocycles. The molecule has 1 aromatic heterocycles. The summed E-state index contributed by atoms with van der Waals surface area (Å²) in [5.74, 6) is 0.677. The molecule has 0 spiro atoms. The molecule has 4 nitrogen and oxygen atoms in total. The van der Waals surface area contributed by atoms with Crippen LogP contribution in [0, 0.1) is 5.41 Å². The zero-order valence-corrected chi connectivity index (χ0v) is 10.6. The van der Waals surface area contributed by atoms with Gasteiger partial charge >= 0.3 is 0 Å². The zero-order chi connectivity index (χ0) is 12.1. The van der Waals surface area contributed by atoms with E-state index in [4.69, 9.17) is 11.6 Å². The first kappa shape index (κ1) is 12.6. The molecule has 0 unspecified atom stereocenters. The molecular formula is C12H18ClN3O. The molecule has 0 aliphatic heterocycles. The van der Waals surface area contributed by atoms with Crippen LogP contribution < -0.4 is 5.32 Å². The number of anilines is 1. The third-order valence-corrected chi connectivity index (χ3v) is 3.68. The predicted octanol–water partition coefficient (Wildman–Crippen LogP) is 2.48. The molecule has 2 rings (SSSR count). The van der Waals surface area contributed by atoms with Gasteiger partial charge in [-0.3, -0.25) is 4.98 Å². The summed E-state index contributed by atoms with van der Waals surface area (Å²) in [6, 6.07) is 0. The van der Waals surface area contributed by atoms with Gasteiger partial charge in [0.15, 0.2) is 0 Å². The lowest BCUT2D eigenvalue weighted by Gasteiger charge is -2.35. The molecule has 0 saturated heterocycles. The number of rotatable bonds is 4. The van der Waals surface area contributed by atoms with Crippen molar-refractivity contribution in [3.05, 3.63) is 17.5 Å². The molecule has 94 valence electrons. The lowest BCUT2D eigenvalue weighted by Crippen LogP contribution is -2.35. The molecule has 0 aromatic carbocycles. The second-order valence-electron chi connectivity index (χ2n) is 4.80. The van der Waals surface area contributed by atoms with Gasteiger partial charge < -0.3 is 10.4 Å². The van der Waals surface area contributed by atoms with Gasteiger partial charge in [-0.25, -0.2) is 4.98 Å². The van der Waals surface area contributed by atoms with E-state index in [2.05, 4.69) is 15.3 Å². The van der Waals surface area contributed by atoms with Crippen LogP contribution in [0.2, 0.25) is 5.15 Å². The van der Waals surface area contributed by atoms with E-state index < -0.39 is 0 Å². The van der Waals surface area contributed by atoms with Crippen molar-refractivity contribution in [1.29, 1.82) is 0 Å². The first-order valence-corrected chi connectivity index (χ1v) is 6.44. The molecule has 1 saturated carbocycles. The van der Waals surface area contributed by atoms with Gasteiger partial charge in [0, 0.05) is 12.0 Å². The summed E-state index contributed by atoms with van der Waals surface area (Å²) in [6.07, 6.45) is 8.98. The molecule has 17 heavy (non-hydrogen) atoms. The van der Waals surface area contributed by atoms with Crippen molar-refractivity contribution in [2.75, 3.05) is 18.5 Å². The first-order valence-electron chi connectivity index (χ1n) is 6.06. The largest absolute Gasteiger partial charge is 0.396 e. The molecule has 5 heteroatoms. The fourth-order valence-electron chi connectivity index (χ4n) is 2.40. The number of aliphatic hydroxyl groups is 1. The molecular weight excluding hydrogens is 238 g/mol. The quantitative estimate of drug-likeness (QED) is 0.868. The zero-order valence-electron chi connectivity index (χ0n) is 9.82. The minimum Gasteiger partial charge on any atom is -0.396 e. The number of nitrogens with one attached hydrogen (secondary N) is 1. The Bertz CT molecular complexity index is 367.